The quantitative estimate of drug-likeness (QED) is 0.505. The summed E-state index contributed by atoms with van der Waals surface area (Å²) in [4.78, 5) is 10.8. The number of aryl methyl sites for hydroxylation is 1. The van der Waals surface area contributed by atoms with E-state index >= 15 is 0 Å². The molecule has 2 aromatic rings. The van der Waals surface area contributed by atoms with Gasteiger partial charge < -0.3 is 5.73 Å². The number of amides is 2. The van der Waals surface area contributed by atoms with E-state index in [-0.39, 0.29) is 0 Å². The number of nitrogens with one attached hydrogen (secondary N) is 1. The molecular weight excluding hydrogens is 274 g/mol. The van der Waals surface area contributed by atoms with Crippen molar-refractivity contribution < 1.29 is 4.79 Å². The molecule has 4 heteroatoms. The molecule has 0 spiro atoms. The van der Waals surface area contributed by atoms with E-state index in [0.29, 0.717) is 5.71 Å². The Morgan fingerprint density at radius 2 is 1.73 bits per heavy atom. The minimum absolute atomic E-state index is 0.679. The zero-order valence-electron chi connectivity index (χ0n) is 12.7. The zero-order valence-corrected chi connectivity index (χ0v) is 12.7. The number of allylic oxidation sites excluding steroid dienone is 1. The fourth-order valence-electron chi connectivity index (χ4n) is 2.04. The van der Waals surface area contributed by atoms with Crippen molar-refractivity contribution >= 4 is 23.4 Å². The molecule has 0 aliphatic rings. The lowest BCUT2D eigenvalue weighted by Crippen LogP contribution is -2.25. The first-order valence-electron chi connectivity index (χ1n) is 7.00. The number of primary amides is 1. The second-order valence-corrected chi connectivity index (χ2v) is 5.01. The molecule has 0 bridgehead atoms. The molecule has 112 valence electrons. The smallest absolute Gasteiger partial charge is 0.332 e. The van der Waals surface area contributed by atoms with Gasteiger partial charge in [0.15, 0.2) is 0 Å². The molecule has 4 nitrogen and oxygen atoms in total. The fraction of sp³-hybridized carbons (Fsp3) is 0.111. The summed E-state index contributed by atoms with van der Waals surface area (Å²) in [6.07, 6.45) is 2.04. The lowest BCUT2D eigenvalue weighted by molar-refractivity contribution is 0.249. The Balaban J connectivity index is 2.43. The van der Waals surface area contributed by atoms with E-state index in [1.165, 1.54) is 5.56 Å². The van der Waals surface area contributed by atoms with Crippen LogP contribution in [0.25, 0.3) is 11.6 Å². The first-order chi connectivity index (χ1) is 10.6. The molecule has 0 saturated heterocycles. The number of hydrogen-bond acceptors (Lipinski definition) is 2. The molecule has 0 radical (unpaired) electrons. The molecule has 0 saturated carbocycles. The Morgan fingerprint density at radius 3 is 2.32 bits per heavy atom. The average molecular weight is 293 g/mol. The van der Waals surface area contributed by atoms with E-state index in [1.807, 2.05) is 55.5 Å². The van der Waals surface area contributed by atoms with Crippen LogP contribution in [0.2, 0.25) is 0 Å². The summed E-state index contributed by atoms with van der Waals surface area (Å²) in [5.41, 5.74) is 12.3. The number of carbonyl (C=O) groups is 1. The highest BCUT2D eigenvalue weighted by atomic mass is 16.2. The second-order valence-electron chi connectivity index (χ2n) is 5.01. The molecule has 3 N–H and O–H groups in total. The van der Waals surface area contributed by atoms with Crippen LogP contribution in [0.5, 0.6) is 0 Å². The van der Waals surface area contributed by atoms with Crippen LogP contribution in [-0.2, 0) is 0 Å². The summed E-state index contributed by atoms with van der Waals surface area (Å²) in [6.45, 7) is 3.89. The largest absolute Gasteiger partial charge is 0.350 e. The summed E-state index contributed by atoms with van der Waals surface area (Å²) in [6, 6.07) is 17.4. The lowest BCUT2D eigenvalue weighted by Gasteiger charge is -2.08. The van der Waals surface area contributed by atoms with Gasteiger partial charge in [-0.3, -0.25) is 0 Å². The molecule has 22 heavy (non-hydrogen) atoms. The van der Waals surface area contributed by atoms with Crippen molar-refractivity contribution in [3.8, 4) is 0 Å². The van der Waals surface area contributed by atoms with Crippen LogP contribution in [-0.4, -0.2) is 11.7 Å². The van der Waals surface area contributed by atoms with Gasteiger partial charge in [-0.25, -0.2) is 10.2 Å². The maximum atomic E-state index is 10.8. The Morgan fingerprint density at radius 1 is 1.09 bits per heavy atom. The Kier molecular flexibility index (Phi) is 5.09. The highest BCUT2D eigenvalue weighted by Gasteiger charge is 2.06. The number of nitrogens with zero attached hydrogens (tertiary/aromatic N) is 1. The molecule has 0 aliphatic heterocycles. The topological polar surface area (TPSA) is 67.5 Å². The number of benzene rings is 2. The van der Waals surface area contributed by atoms with Crippen molar-refractivity contribution in [1.29, 1.82) is 0 Å². The van der Waals surface area contributed by atoms with Gasteiger partial charge >= 0.3 is 6.03 Å². The Bertz CT molecular complexity index is 701. The predicted molar refractivity (Wildman–Crippen MR) is 91.3 cm³/mol. The number of rotatable bonds is 4. The SMILES string of the molecule is CC(=N/NC(N)=O)/C(=C\c1ccc(C)cc1)c1ccccc1. The Labute approximate surface area is 130 Å². The minimum Gasteiger partial charge on any atom is -0.350 e. The van der Waals surface area contributed by atoms with Crippen molar-refractivity contribution in [2.45, 2.75) is 13.8 Å². The van der Waals surface area contributed by atoms with E-state index in [4.69, 9.17) is 5.73 Å². The molecular formula is C18H19N3O. The molecule has 0 aromatic heterocycles. The summed E-state index contributed by atoms with van der Waals surface area (Å²) >= 11 is 0. The van der Waals surface area contributed by atoms with Gasteiger partial charge in [0.05, 0.1) is 5.71 Å². The van der Waals surface area contributed by atoms with Crippen molar-refractivity contribution in [2.75, 3.05) is 0 Å². The molecule has 2 amide bonds. The van der Waals surface area contributed by atoms with Crippen LogP contribution >= 0.6 is 0 Å². The molecule has 0 atom stereocenters. The van der Waals surface area contributed by atoms with Gasteiger partial charge in [-0.15, -0.1) is 0 Å². The van der Waals surface area contributed by atoms with Crippen molar-refractivity contribution in [3.05, 3.63) is 71.3 Å². The van der Waals surface area contributed by atoms with Crippen molar-refractivity contribution in [3.63, 3.8) is 0 Å². The van der Waals surface area contributed by atoms with E-state index in [0.717, 1.165) is 16.7 Å². The van der Waals surface area contributed by atoms with Gasteiger partial charge in [-0.05, 0) is 31.1 Å². The van der Waals surface area contributed by atoms with Gasteiger partial charge in [-0.1, -0.05) is 60.2 Å². The van der Waals surface area contributed by atoms with E-state index < -0.39 is 6.03 Å². The highest BCUT2D eigenvalue weighted by Crippen LogP contribution is 2.20. The predicted octanol–water partition coefficient (Wildman–Crippen LogP) is 3.58. The van der Waals surface area contributed by atoms with Crippen LogP contribution < -0.4 is 11.2 Å². The molecule has 0 aliphatic carbocycles. The standard InChI is InChI=1S/C18H19N3O/c1-13-8-10-15(11-9-13)12-17(14(2)20-21-18(19)22)16-6-4-3-5-7-16/h3-12H,1-2H3,(H3,19,21,22)/b17-12+,20-14-. The number of hydrogen-bond donors (Lipinski definition) is 2. The first-order valence-corrected chi connectivity index (χ1v) is 7.00. The fourth-order valence-corrected chi connectivity index (χ4v) is 2.04. The van der Waals surface area contributed by atoms with Gasteiger partial charge in [0.2, 0.25) is 0 Å². The summed E-state index contributed by atoms with van der Waals surface area (Å²) in [7, 11) is 0. The lowest BCUT2D eigenvalue weighted by atomic mass is 9.99. The van der Waals surface area contributed by atoms with Gasteiger partial charge in [0, 0.05) is 5.57 Å². The Hall–Kier alpha value is -2.88. The normalized spacial score (nSPS) is 12.1. The van der Waals surface area contributed by atoms with Crippen molar-refractivity contribution in [2.24, 2.45) is 10.8 Å². The van der Waals surface area contributed by atoms with Crippen LogP contribution in [0.1, 0.15) is 23.6 Å². The van der Waals surface area contributed by atoms with Gasteiger partial charge in [-0.2, -0.15) is 5.10 Å². The first kappa shape index (κ1) is 15.5. The van der Waals surface area contributed by atoms with Crippen LogP contribution in [0.4, 0.5) is 4.79 Å². The van der Waals surface area contributed by atoms with Crippen molar-refractivity contribution in [1.82, 2.24) is 5.43 Å². The number of nitrogens with two attached hydrogens (primary N) is 1. The number of carbonyl (C=O) groups excluding carboxylic acids is 1. The second kappa shape index (κ2) is 7.22. The van der Waals surface area contributed by atoms with Crippen LogP contribution in [0.3, 0.4) is 0 Å². The monoisotopic (exact) mass is 293 g/mol. The van der Waals surface area contributed by atoms with Gasteiger partial charge in [0.25, 0.3) is 0 Å². The average Bonchev–Trinajstić information content (AvgIpc) is 2.53. The summed E-state index contributed by atoms with van der Waals surface area (Å²) in [5, 5.41) is 4.04. The molecule has 0 fully saturated rings. The molecule has 2 rings (SSSR count). The zero-order chi connectivity index (χ0) is 15.9. The van der Waals surface area contributed by atoms with Gasteiger partial charge in [0.1, 0.15) is 0 Å². The maximum absolute atomic E-state index is 10.8. The van der Waals surface area contributed by atoms with E-state index in [2.05, 4.69) is 29.6 Å². The summed E-state index contributed by atoms with van der Waals surface area (Å²) < 4.78 is 0. The third-order valence-corrected chi connectivity index (χ3v) is 3.20. The molecule has 2 aromatic carbocycles. The third kappa shape index (κ3) is 4.31. The molecule has 0 heterocycles. The number of hydrazone groups is 1. The van der Waals surface area contributed by atoms with E-state index in [1.54, 1.807) is 0 Å². The maximum Gasteiger partial charge on any atom is 0.332 e. The summed E-state index contributed by atoms with van der Waals surface area (Å²) in [5.74, 6) is 0. The van der Waals surface area contributed by atoms with E-state index in [9.17, 15) is 4.79 Å². The molecule has 0 unspecified atom stereocenters. The minimum atomic E-state index is -0.679. The highest BCUT2D eigenvalue weighted by molar-refractivity contribution is 6.27. The van der Waals surface area contributed by atoms with Crippen LogP contribution in [0, 0.1) is 6.92 Å². The third-order valence-electron chi connectivity index (χ3n) is 3.20. The van der Waals surface area contributed by atoms with Crippen LogP contribution in [0.15, 0.2) is 59.7 Å². The number of urea groups is 1.